The summed E-state index contributed by atoms with van der Waals surface area (Å²) in [5.41, 5.74) is 1.11. The lowest BCUT2D eigenvalue weighted by atomic mass is 10.1. The number of rotatable bonds is 4. The van der Waals surface area contributed by atoms with Gasteiger partial charge >= 0.3 is 0 Å². The molecule has 2 N–H and O–H groups in total. The number of hydrogen-bond donors (Lipinski definition) is 2. The zero-order valence-corrected chi connectivity index (χ0v) is 10.1. The maximum atomic E-state index is 9.24. The third-order valence-corrected chi connectivity index (χ3v) is 2.46. The summed E-state index contributed by atoms with van der Waals surface area (Å²) < 4.78 is 1.04. The zero-order chi connectivity index (χ0) is 10.6. The molecule has 78 valence electrons. The van der Waals surface area contributed by atoms with E-state index in [0.717, 1.165) is 10.0 Å². The topological polar surface area (TPSA) is 32.3 Å². The maximum absolute atomic E-state index is 9.24. The van der Waals surface area contributed by atoms with E-state index in [9.17, 15) is 5.11 Å². The molecule has 14 heavy (non-hydrogen) atoms. The van der Waals surface area contributed by atoms with Gasteiger partial charge in [0.15, 0.2) is 0 Å². The van der Waals surface area contributed by atoms with Crippen molar-refractivity contribution in [2.75, 3.05) is 6.61 Å². The van der Waals surface area contributed by atoms with Crippen molar-refractivity contribution in [1.82, 2.24) is 5.32 Å². The SMILES string of the molecule is CC(C)NC(CO)c1cccc(Br)c1. The molecule has 1 rings (SSSR count). The minimum Gasteiger partial charge on any atom is -0.394 e. The van der Waals surface area contributed by atoms with Crippen molar-refractivity contribution in [3.63, 3.8) is 0 Å². The fourth-order valence-corrected chi connectivity index (χ4v) is 1.80. The van der Waals surface area contributed by atoms with E-state index in [2.05, 4.69) is 35.1 Å². The summed E-state index contributed by atoms with van der Waals surface area (Å²) in [5.74, 6) is 0. The van der Waals surface area contributed by atoms with E-state index < -0.39 is 0 Å². The van der Waals surface area contributed by atoms with E-state index in [-0.39, 0.29) is 12.6 Å². The second kappa shape index (κ2) is 5.49. The van der Waals surface area contributed by atoms with Crippen LogP contribution in [0.1, 0.15) is 25.5 Å². The molecule has 0 aliphatic heterocycles. The van der Waals surface area contributed by atoms with Crippen molar-refractivity contribution in [2.45, 2.75) is 25.9 Å². The van der Waals surface area contributed by atoms with Gasteiger partial charge < -0.3 is 10.4 Å². The lowest BCUT2D eigenvalue weighted by Gasteiger charge is -2.19. The van der Waals surface area contributed by atoms with Crippen molar-refractivity contribution in [3.05, 3.63) is 34.3 Å². The van der Waals surface area contributed by atoms with Gasteiger partial charge in [-0.1, -0.05) is 41.9 Å². The third-order valence-electron chi connectivity index (χ3n) is 1.97. The van der Waals surface area contributed by atoms with Crippen molar-refractivity contribution in [2.24, 2.45) is 0 Å². The highest BCUT2D eigenvalue weighted by atomic mass is 79.9. The third kappa shape index (κ3) is 3.40. The zero-order valence-electron chi connectivity index (χ0n) is 8.50. The number of hydrogen-bond acceptors (Lipinski definition) is 2. The smallest absolute Gasteiger partial charge is 0.0626 e. The molecule has 0 saturated heterocycles. The number of nitrogens with one attached hydrogen (secondary N) is 1. The van der Waals surface area contributed by atoms with Crippen LogP contribution in [0, 0.1) is 0 Å². The molecule has 2 nitrogen and oxygen atoms in total. The molecule has 0 bridgehead atoms. The number of aliphatic hydroxyl groups excluding tert-OH is 1. The Bertz CT molecular complexity index is 288. The Morgan fingerprint density at radius 3 is 2.64 bits per heavy atom. The first-order valence-corrected chi connectivity index (χ1v) is 5.55. The van der Waals surface area contributed by atoms with E-state index in [1.807, 2.05) is 24.3 Å². The fourth-order valence-electron chi connectivity index (χ4n) is 1.38. The molecule has 0 saturated carbocycles. The average Bonchev–Trinajstić information content (AvgIpc) is 2.14. The first kappa shape index (κ1) is 11.7. The van der Waals surface area contributed by atoms with Crippen LogP contribution in [0.5, 0.6) is 0 Å². The first-order valence-electron chi connectivity index (χ1n) is 4.76. The van der Waals surface area contributed by atoms with Crippen LogP contribution in [0.4, 0.5) is 0 Å². The maximum Gasteiger partial charge on any atom is 0.0626 e. The molecule has 3 heteroatoms. The van der Waals surface area contributed by atoms with Crippen molar-refractivity contribution < 1.29 is 5.11 Å². The Morgan fingerprint density at radius 2 is 2.14 bits per heavy atom. The molecule has 1 aromatic rings. The van der Waals surface area contributed by atoms with Gasteiger partial charge in [0.1, 0.15) is 0 Å². The van der Waals surface area contributed by atoms with Crippen LogP contribution in [0.2, 0.25) is 0 Å². The van der Waals surface area contributed by atoms with Crippen LogP contribution in [-0.2, 0) is 0 Å². The summed E-state index contributed by atoms with van der Waals surface area (Å²) in [6.07, 6.45) is 0. The number of benzene rings is 1. The Labute approximate surface area is 93.5 Å². The van der Waals surface area contributed by atoms with E-state index in [1.54, 1.807) is 0 Å². The summed E-state index contributed by atoms with van der Waals surface area (Å²) in [5, 5.41) is 12.5. The molecule has 0 heterocycles. The Balaban J connectivity index is 2.78. The van der Waals surface area contributed by atoms with Crippen LogP contribution in [0.15, 0.2) is 28.7 Å². The second-order valence-electron chi connectivity index (χ2n) is 3.61. The minimum absolute atomic E-state index is 0.0208. The van der Waals surface area contributed by atoms with Gasteiger partial charge in [-0.15, -0.1) is 0 Å². The first-order chi connectivity index (χ1) is 6.63. The summed E-state index contributed by atoms with van der Waals surface area (Å²) in [6, 6.07) is 8.38. The van der Waals surface area contributed by atoms with E-state index >= 15 is 0 Å². The Morgan fingerprint density at radius 1 is 1.43 bits per heavy atom. The highest BCUT2D eigenvalue weighted by Gasteiger charge is 2.10. The van der Waals surface area contributed by atoms with Crippen molar-refractivity contribution >= 4 is 15.9 Å². The van der Waals surface area contributed by atoms with Gasteiger partial charge in [0.25, 0.3) is 0 Å². The lowest BCUT2D eigenvalue weighted by molar-refractivity contribution is 0.237. The van der Waals surface area contributed by atoms with E-state index in [4.69, 9.17) is 0 Å². The Kier molecular flexibility index (Phi) is 4.58. The van der Waals surface area contributed by atoms with E-state index in [1.165, 1.54) is 0 Å². The predicted molar refractivity (Wildman–Crippen MR) is 62.2 cm³/mol. The highest BCUT2D eigenvalue weighted by molar-refractivity contribution is 9.10. The van der Waals surface area contributed by atoms with Crippen LogP contribution >= 0.6 is 15.9 Å². The normalized spacial score (nSPS) is 13.2. The van der Waals surface area contributed by atoms with Crippen molar-refractivity contribution in [1.29, 1.82) is 0 Å². The summed E-state index contributed by atoms with van der Waals surface area (Å²) in [4.78, 5) is 0. The molecule has 0 aliphatic carbocycles. The number of halogens is 1. The molecule has 1 atom stereocenters. The standard InChI is InChI=1S/C11H16BrNO/c1-8(2)13-11(7-14)9-4-3-5-10(12)6-9/h3-6,8,11,13-14H,7H2,1-2H3. The highest BCUT2D eigenvalue weighted by Crippen LogP contribution is 2.18. The Hall–Kier alpha value is -0.380. The second-order valence-corrected chi connectivity index (χ2v) is 4.53. The van der Waals surface area contributed by atoms with Crippen molar-refractivity contribution in [3.8, 4) is 0 Å². The molecule has 1 unspecified atom stereocenters. The van der Waals surface area contributed by atoms with Crippen LogP contribution in [0.3, 0.4) is 0 Å². The summed E-state index contributed by atoms with van der Waals surface area (Å²) in [7, 11) is 0. The summed E-state index contributed by atoms with van der Waals surface area (Å²) >= 11 is 3.42. The monoisotopic (exact) mass is 257 g/mol. The summed E-state index contributed by atoms with van der Waals surface area (Å²) in [6.45, 7) is 4.26. The quantitative estimate of drug-likeness (QED) is 0.869. The molecule has 1 aromatic carbocycles. The average molecular weight is 258 g/mol. The van der Waals surface area contributed by atoms with Gasteiger partial charge in [-0.2, -0.15) is 0 Å². The molecule has 0 aliphatic rings. The molecule has 0 spiro atoms. The molecule has 0 fully saturated rings. The van der Waals surface area contributed by atoms with Crippen LogP contribution in [0.25, 0.3) is 0 Å². The largest absolute Gasteiger partial charge is 0.394 e. The fraction of sp³-hybridized carbons (Fsp3) is 0.455. The molecular weight excluding hydrogens is 242 g/mol. The molecular formula is C11H16BrNO. The molecule has 0 aromatic heterocycles. The van der Waals surface area contributed by atoms with Gasteiger partial charge in [-0.25, -0.2) is 0 Å². The van der Waals surface area contributed by atoms with Gasteiger partial charge in [-0.3, -0.25) is 0 Å². The predicted octanol–water partition coefficient (Wildman–Crippen LogP) is 2.48. The van der Waals surface area contributed by atoms with Gasteiger partial charge in [0.2, 0.25) is 0 Å². The molecule has 0 radical (unpaired) electrons. The van der Waals surface area contributed by atoms with E-state index in [0.29, 0.717) is 6.04 Å². The van der Waals surface area contributed by atoms with Gasteiger partial charge in [-0.05, 0) is 17.7 Å². The van der Waals surface area contributed by atoms with Crippen LogP contribution in [-0.4, -0.2) is 17.8 Å². The van der Waals surface area contributed by atoms with Crippen LogP contribution < -0.4 is 5.32 Å². The van der Waals surface area contributed by atoms with Gasteiger partial charge in [0, 0.05) is 10.5 Å². The minimum atomic E-state index is 0.0208. The number of aliphatic hydroxyl groups is 1. The molecule has 0 amide bonds. The lowest BCUT2D eigenvalue weighted by Crippen LogP contribution is -2.30. The van der Waals surface area contributed by atoms with Gasteiger partial charge in [0.05, 0.1) is 12.6 Å².